The molecule has 1 spiro atoms. The van der Waals surface area contributed by atoms with E-state index >= 15 is 0 Å². The van der Waals surface area contributed by atoms with Crippen molar-refractivity contribution in [2.24, 2.45) is 11.8 Å². The predicted molar refractivity (Wildman–Crippen MR) is 187 cm³/mol. The summed E-state index contributed by atoms with van der Waals surface area (Å²) in [6.45, 7) is 13.2. The van der Waals surface area contributed by atoms with Gasteiger partial charge in [0.25, 0.3) is 5.91 Å². The molecule has 11 nitrogen and oxygen atoms in total. The first-order valence-electron chi connectivity index (χ1n) is 17.2. The molecule has 11 heteroatoms. The second-order valence-electron chi connectivity index (χ2n) is 12.7. The third kappa shape index (κ3) is 7.00. The van der Waals surface area contributed by atoms with E-state index in [2.05, 4.69) is 37.2 Å². The lowest BCUT2D eigenvalue weighted by atomic mass is 9.70. The number of anilines is 2. The number of allylic oxidation sites excluding steroid dienone is 1. The molecule has 3 amide bonds. The van der Waals surface area contributed by atoms with Crippen molar-refractivity contribution >= 4 is 35.1 Å². The fraction of sp³-hybridized carbons (Fsp3) is 0.474. The van der Waals surface area contributed by atoms with Crippen molar-refractivity contribution in [3.63, 3.8) is 0 Å². The Kier molecular flexibility index (Phi) is 11.6. The minimum Gasteiger partial charge on any atom is -0.455 e. The normalized spacial score (nSPS) is 24.2. The SMILES string of the molecule is C=CCCC(=O)NC[C@@H](OC(=O)[C@@H]1[C@@H]2CC[C@]3(O2)[C@H](C(=O)N(CC=C)c2ccc(N(CC)CC)cc2)N(CCO)C(=O)[C@@H]13)c1ccccc1. The number of esters is 1. The quantitative estimate of drug-likeness (QED) is 0.192. The van der Waals surface area contributed by atoms with Crippen LogP contribution in [0.1, 0.15) is 51.2 Å². The van der Waals surface area contributed by atoms with Crippen LogP contribution in [0.2, 0.25) is 0 Å². The number of nitrogens with zero attached hydrogens (tertiary/aromatic N) is 3. The van der Waals surface area contributed by atoms with Crippen molar-refractivity contribution in [3.8, 4) is 0 Å². The van der Waals surface area contributed by atoms with Gasteiger partial charge < -0.3 is 34.6 Å². The van der Waals surface area contributed by atoms with E-state index in [-0.39, 0.29) is 44.5 Å². The molecule has 3 aliphatic heterocycles. The van der Waals surface area contributed by atoms with Gasteiger partial charge in [-0.15, -0.1) is 13.2 Å². The molecule has 0 radical (unpaired) electrons. The molecule has 262 valence electrons. The van der Waals surface area contributed by atoms with Gasteiger partial charge in [0.15, 0.2) is 0 Å². The molecule has 5 rings (SSSR count). The number of aliphatic hydroxyl groups is 1. The number of carbonyl (C=O) groups is 4. The van der Waals surface area contributed by atoms with Gasteiger partial charge in [-0.2, -0.15) is 0 Å². The van der Waals surface area contributed by atoms with Crippen LogP contribution in [-0.4, -0.2) is 90.8 Å². The molecule has 2 aromatic carbocycles. The molecular weight excluding hydrogens is 624 g/mol. The Morgan fingerprint density at radius 1 is 1.08 bits per heavy atom. The van der Waals surface area contributed by atoms with Crippen LogP contribution in [0.3, 0.4) is 0 Å². The number of hydrogen-bond donors (Lipinski definition) is 2. The zero-order valence-corrected chi connectivity index (χ0v) is 28.5. The molecule has 3 aliphatic rings. The highest BCUT2D eigenvalue weighted by Gasteiger charge is 2.75. The minimum absolute atomic E-state index is 0.0506. The lowest BCUT2D eigenvalue weighted by Gasteiger charge is -2.36. The summed E-state index contributed by atoms with van der Waals surface area (Å²) >= 11 is 0. The maximum absolute atomic E-state index is 14.6. The van der Waals surface area contributed by atoms with Gasteiger partial charge in [0, 0.05) is 44.0 Å². The number of rotatable bonds is 17. The number of aliphatic hydroxyl groups excluding tert-OH is 1. The van der Waals surface area contributed by atoms with Gasteiger partial charge in [-0.1, -0.05) is 42.5 Å². The number of nitrogens with one attached hydrogen (secondary N) is 1. The number of β-amino-alcohol motifs (C(OH)–C–C–N with tert-alkyl or cyclic N) is 1. The average Bonchev–Trinajstić information content (AvgIpc) is 3.76. The number of likely N-dealkylation sites (tertiary alicyclic amines) is 1. The fourth-order valence-corrected chi connectivity index (χ4v) is 7.72. The summed E-state index contributed by atoms with van der Waals surface area (Å²) in [5.41, 5.74) is 1.10. The second kappa shape index (κ2) is 15.8. The standard InChI is InChI=1S/C38H48N4O7/c1-5-9-15-31(44)39-25-30(26-13-11-10-12-14-26)48-37(47)32-29-20-21-38(49-29)33(32)35(45)42(23-24-43)34(38)36(46)41(22-6-2)28-18-16-27(17-19-28)40(7-3)8-4/h5-6,10-14,16-19,29-30,32-34,43H,1-2,7-9,15,20-25H2,3-4H3,(H,39,44)/t29-,30+,32+,33+,34-,38+/m0/s1. The number of fused-ring (bicyclic) bond motifs is 1. The minimum atomic E-state index is -1.26. The summed E-state index contributed by atoms with van der Waals surface area (Å²) in [5, 5.41) is 12.9. The van der Waals surface area contributed by atoms with Gasteiger partial charge in [-0.25, -0.2) is 0 Å². The highest BCUT2D eigenvalue weighted by Crippen LogP contribution is 2.59. The average molecular weight is 673 g/mol. The van der Waals surface area contributed by atoms with E-state index in [1.807, 2.05) is 54.6 Å². The van der Waals surface area contributed by atoms with Crippen LogP contribution in [0.15, 0.2) is 79.9 Å². The van der Waals surface area contributed by atoms with Crippen LogP contribution >= 0.6 is 0 Å². The lowest BCUT2D eigenvalue weighted by molar-refractivity contribution is -0.160. The molecule has 3 heterocycles. The van der Waals surface area contributed by atoms with E-state index < -0.39 is 47.6 Å². The summed E-state index contributed by atoms with van der Waals surface area (Å²) in [4.78, 5) is 60.5. The van der Waals surface area contributed by atoms with E-state index in [4.69, 9.17) is 9.47 Å². The highest BCUT2D eigenvalue weighted by molar-refractivity contribution is 6.04. The van der Waals surface area contributed by atoms with Crippen molar-refractivity contribution < 1.29 is 33.8 Å². The topological polar surface area (TPSA) is 129 Å². The molecule has 0 aromatic heterocycles. The zero-order valence-electron chi connectivity index (χ0n) is 28.5. The molecule has 2 N–H and O–H groups in total. The lowest BCUT2D eigenvalue weighted by Crippen LogP contribution is -2.56. The molecular formula is C38H48N4O7. The predicted octanol–water partition coefficient (Wildman–Crippen LogP) is 3.79. The molecule has 0 aliphatic carbocycles. The summed E-state index contributed by atoms with van der Waals surface area (Å²) in [6, 6.07) is 15.7. The number of amides is 3. The van der Waals surface area contributed by atoms with E-state index in [9.17, 15) is 24.3 Å². The maximum Gasteiger partial charge on any atom is 0.313 e. The number of ether oxygens (including phenoxy) is 2. The molecule has 0 unspecified atom stereocenters. The van der Waals surface area contributed by atoms with Crippen LogP contribution in [0.25, 0.3) is 0 Å². The first kappa shape index (κ1) is 35.8. The Hall–Kier alpha value is -4.48. The third-order valence-corrected chi connectivity index (χ3v) is 10.0. The Labute approximate surface area is 288 Å². The Morgan fingerprint density at radius 3 is 2.41 bits per heavy atom. The third-order valence-electron chi connectivity index (χ3n) is 10.0. The van der Waals surface area contributed by atoms with Gasteiger partial charge >= 0.3 is 5.97 Å². The molecule has 0 saturated carbocycles. The van der Waals surface area contributed by atoms with E-state index in [1.165, 1.54) is 4.90 Å². The Bertz CT molecular complexity index is 1510. The number of benzene rings is 2. The summed E-state index contributed by atoms with van der Waals surface area (Å²) in [6.07, 6.45) is 3.52. The van der Waals surface area contributed by atoms with Crippen molar-refractivity contribution in [1.29, 1.82) is 0 Å². The van der Waals surface area contributed by atoms with E-state index in [0.717, 1.165) is 18.8 Å². The monoisotopic (exact) mass is 672 g/mol. The number of hydrogen-bond acceptors (Lipinski definition) is 8. The molecule has 3 saturated heterocycles. The molecule has 6 atom stereocenters. The number of carbonyl (C=O) groups excluding carboxylic acids is 4. The van der Waals surface area contributed by atoms with Gasteiger partial charge in [0.2, 0.25) is 11.8 Å². The van der Waals surface area contributed by atoms with Crippen molar-refractivity contribution in [2.45, 2.75) is 63.4 Å². The Balaban J connectivity index is 1.43. The summed E-state index contributed by atoms with van der Waals surface area (Å²) in [5.74, 6) is -3.51. The second-order valence-corrected chi connectivity index (χ2v) is 12.7. The van der Waals surface area contributed by atoms with Crippen molar-refractivity contribution in [3.05, 3.63) is 85.5 Å². The van der Waals surface area contributed by atoms with Crippen LogP contribution in [0.4, 0.5) is 11.4 Å². The van der Waals surface area contributed by atoms with Crippen LogP contribution in [-0.2, 0) is 28.7 Å². The van der Waals surface area contributed by atoms with Crippen molar-refractivity contribution in [2.75, 3.05) is 49.1 Å². The summed E-state index contributed by atoms with van der Waals surface area (Å²) < 4.78 is 12.7. The van der Waals surface area contributed by atoms with E-state index in [1.54, 1.807) is 17.1 Å². The smallest absolute Gasteiger partial charge is 0.313 e. The molecule has 2 bridgehead atoms. The first-order chi connectivity index (χ1) is 23.7. The van der Waals surface area contributed by atoms with Gasteiger partial charge in [-0.05, 0) is 62.9 Å². The zero-order chi connectivity index (χ0) is 35.1. The van der Waals surface area contributed by atoms with Gasteiger partial charge in [0.05, 0.1) is 31.1 Å². The first-order valence-corrected chi connectivity index (χ1v) is 17.2. The van der Waals surface area contributed by atoms with Crippen LogP contribution in [0, 0.1) is 11.8 Å². The molecule has 49 heavy (non-hydrogen) atoms. The molecule has 2 aromatic rings. The van der Waals surface area contributed by atoms with Crippen LogP contribution in [0.5, 0.6) is 0 Å². The maximum atomic E-state index is 14.6. The summed E-state index contributed by atoms with van der Waals surface area (Å²) in [7, 11) is 0. The van der Waals surface area contributed by atoms with Crippen molar-refractivity contribution in [1.82, 2.24) is 10.2 Å². The Morgan fingerprint density at radius 2 is 1.78 bits per heavy atom. The highest BCUT2D eigenvalue weighted by atomic mass is 16.6. The van der Waals surface area contributed by atoms with Gasteiger partial charge in [0.1, 0.15) is 17.7 Å². The van der Waals surface area contributed by atoms with Crippen LogP contribution < -0.4 is 15.1 Å². The van der Waals surface area contributed by atoms with Gasteiger partial charge in [-0.3, -0.25) is 19.2 Å². The van der Waals surface area contributed by atoms with E-state index in [0.29, 0.717) is 30.5 Å². The largest absolute Gasteiger partial charge is 0.455 e. The molecule has 3 fully saturated rings. The fourth-order valence-electron chi connectivity index (χ4n) is 7.72.